The Bertz CT molecular complexity index is 1690. The zero-order valence-corrected chi connectivity index (χ0v) is 22.3. The normalized spacial score (nSPS) is 15.2. The van der Waals surface area contributed by atoms with Gasteiger partial charge in [-0.3, -0.25) is 14.5 Å². The molecule has 1 N–H and O–H groups in total. The van der Waals surface area contributed by atoms with Crippen molar-refractivity contribution in [3.05, 3.63) is 99.4 Å². The van der Waals surface area contributed by atoms with Gasteiger partial charge in [0, 0.05) is 10.4 Å². The highest BCUT2D eigenvalue weighted by Gasteiger charge is 2.47. The summed E-state index contributed by atoms with van der Waals surface area (Å²) in [5, 5.41) is 12.1. The number of aliphatic hydroxyl groups is 1. The maximum Gasteiger partial charge on any atom is 0.350 e. The highest BCUT2D eigenvalue weighted by atomic mass is 35.5. The summed E-state index contributed by atoms with van der Waals surface area (Å²) >= 11 is 7.16. The highest BCUT2D eigenvalue weighted by molar-refractivity contribution is 7.17. The van der Waals surface area contributed by atoms with Crippen molar-refractivity contribution in [1.29, 1.82) is 0 Å². The van der Waals surface area contributed by atoms with Crippen molar-refractivity contribution in [2.24, 2.45) is 0 Å². The standard InChI is InChI=1S/C28H21ClN2O7S/c1-4-11-37-27(35)25-14(2)30-28(39-25)31-21(15-7-5-9-17(29)12-15)20(23(33)26(31)34)22(32)19-13-16-8-6-10-18(36-3)24(16)38-19/h4-10,12-13,21,33H,1,11H2,2-3H3. The first-order chi connectivity index (χ1) is 18.7. The number of rotatable bonds is 8. The number of amides is 1. The smallest absolute Gasteiger partial charge is 0.350 e. The molecular formula is C28H21ClN2O7S. The lowest BCUT2D eigenvalue weighted by Crippen LogP contribution is -2.31. The molecule has 2 aromatic carbocycles. The fourth-order valence-corrected chi connectivity index (χ4v) is 5.53. The number of aryl methyl sites for hydroxylation is 1. The average Bonchev–Trinajstić information content (AvgIpc) is 3.60. The van der Waals surface area contributed by atoms with Gasteiger partial charge in [-0.2, -0.15) is 0 Å². The molecule has 2 aromatic heterocycles. The van der Waals surface area contributed by atoms with E-state index in [2.05, 4.69) is 11.6 Å². The Balaban J connectivity index is 1.63. The zero-order valence-electron chi connectivity index (χ0n) is 20.8. The van der Waals surface area contributed by atoms with Crippen LogP contribution in [0.2, 0.25) is 5.02 Å². The highest BCUT2D eigenvalue weighted by Crippen LogP contribution is 2.44. The van der Waals surface area contributed by atoms with Gasteiger partial charge in [0.1, 0.15) is 11.5 Å². The summed E-state index contributed by atoms with van der Waals surface area (Å²) in [6.07, 6.45) is 1.43. The van der Waals surface area contributed by atoms with Crippen LogP contribution in [-0.2, 0) is 9.53 Å². The van der Waals surface area contributed by atoms with E-state index in [0.717, 1.165) is 11.3 Å². The third-order valence-corrected chi connectivity index (χ3v) is 7.45. The lowest BCUT2D eigenvalue weighted by atomic mass is 9.95. The Labute approximate surface area is 231 Å². The van der Waals surface area contributed by atoms with Gasteiger partial charge < -0.3 is 19.0 Å². The van der Waals surface area contributed by atoms with Gasteiger partial charge in [-0.15, -0.1) is 0 Å². The number of thiazole rings is 1. The number of anilines is 1. The number of hydrogen-bond acceptors (Lipinski definition) is 9. The molecule has 1 amide bonds. The van der Waals surface area contributed by atoms with Gasteiger partial charge in [0.15, 0.2) is 28.0 Å². The lowest BCUT2D eigenvalue weighted by molar-refractivity contribution is -0.117. The molecule has 4 aromatic rings. The molecule has 3 heterocycles. The summed E-state index contributed by atoms with van der Waals surface area (Å²) in [6, 6.07) is 12.2. The number of methoxy groups -OCH3 is 1. The number of ether oxygens (including phenoxy) is 2. The van der Waals surface area contributed by atoms with Crippen molar-refractivity contribution >= 4 is 56.7 Å². The maximum absolute atomic E-state index is 13.9. The Morgan fingerprint density at radius 1 is 1.26 bits per heavy atom. The molecule has 5 rings (SSSR count). The monoisotopic (exact) mass is 564 g/mol. The minimum Gasteiger partial charge on any atom is -0.503 e. The number of aromatic nitrogens is 1. The quantitative estimate of drug-likeness (QED) is 0.157. The number of furan rings is 1. The third-order valence-electron chi connectivity index (χ3n) is 6.08. The van der Waals surface area contributed by atoms with Gasteiger partial charge >= 0.3 is 5.97 Å². The molecule has 198 valence electrons. The largest absolute Gasteiger partial charge is 0.503 e. The maximum atomic E-state index is 13.9. The summed E-state index contributed by atoms with van der Waals surface area (Å²) in [4.78, 5) is 45.6. The van der Waals surface area contributed by atoms with Crippen LogP contribution in [0, 0.1) is 6.92 Å². The Kier molecular flexibility index (Phi) is 6.98. The number of esters is 1. The number of ketones is 1. The number of aliphatic hydroxyl groups excluding tert-OH is 1. The van der Waals surface area contributed by atoms with Crippen LogP contribution in [0.15, 0.2) is 76.9 Å². The molecule has 9 nitrogen and oxygen atoms in total. The topological polar surface area (TPSA) is 119 Å². The number of carbonyl (C=O) groups excluding carboxylic acids is 3. The Morgan fingerprint density at radius 3 is 2.74 bits per heavy atom. The van der Waals surface area contributed by atoms with Crippen LogP contribution in [0.3, 0.4) is 0 Å². The van der Waals surface area contributed by atoms with Gasteiger partial charge in [0.25, 0.3) is 5.91 Å². The van der Waals surface area contributed by atoms with Gasteiger partial charge in [-0.25, -0.2) is 9.78 Å². The first kappa shape index (κ1) is 26.2. The number of benzene rings is 2. The summed E-state index contributed by atoms with van der Waals surface area (Å²) in [5.41, 5.74) is 0.900. The van der Waals surface area contributed by atoms with Crippen molar-refractivity contribution in [2.45, 2.75) is 13.0 Å². The number of halogens is 1. The average molecular weight is 565 g/mol. The second-order valence-electron chi connectivity index (χ2n) is 8.51. The Hall–Kier alpha value is -4.41. The molecule has 1 atom stereocenters. The van der Waals surface area contributed by atoms with Crippen molar-refractivity contribution in [1.82, 2.24) is 4.98 Å². The van der Waals surface area contributed by atoms with E-state index in [9.17, 15) is 19.5 Å². The number of para-hydroxylation sites is 1. The lowest BCUT2D eigenvalue weighted by Gasteiger charge is -2.24. The number of fused-ring (bicyclic) bond motifs is 1. The van der Waals surface area contributed by atoms with Crippen LogP contribution in [0.5, 0.6) is 5.75 Å². The molecule has 0 radical (unpaired) electrons. The van der Waals surface area contributed by atoms with E-state index >= 15 is 0 Å². The van der Waals surface area contributed by atoms with Crippen LogP contribution in [-0.4, -0.2) is 41.5 Å². The summed E-state index contributed by atoms with van der Waals surface area (Å²) < 4.78 is 16.3. The second kappa shape index (κ2) is 10.4. The molecule has 11 heteroatoms. The first-order valence-electron chi connectivity index (χ1n) is 11.6. The molecule has 0 fully saturated rings. The van der Waals surface area contributed by atoms with E-state index in [1.54, 1.807) is 49.4 Å². The van der Waals surface area contributed by atoms with Gasteiger partial charge in [0.2, 0.25) is 5.78 Å². The predicted molar refractivity (Wildman–Crippen MR) is 146 cm³/mol. The molecule has 0 saturated heterocycles. The van der Waals surface area contributed by atoms with Crippen LogP contribution in [0.4, 0.5) is 5.13 Å². The number of hydrogen-bond donors (Lipinski definition) is 1. The van der Waals surface area contributed by atoms with E-state index in [4.69, 9.17) is 25.5 Å². The van der Waals surface area contributed by atoms with Crippen molar-refractivity contribution in [3.63, 3.8) is 0 Å². The second-order valence-corrected chi connectivity index (χ2v) is 9.93. The van der Waals surface area contributed by atoms with Gasteiger partial charge in [-0.1, -0.05) is 59.9 Å². The van der Waals surface area contributed by atoms with E-state index in [0.29, 0.717) is 33.0 Å². The molecular weight excluding hydrogens is 544 g/mol. The Morgan fingerprint density at radius 2 is 2.03 bits per heavy atom. The molecule has 0 spiro atoms. The molecule has 1 aliphatic heterocycles. The minimum absolute atomic E-state index is 0.00255. The summed E-state index contributed by atoms with van der Waals surface area (Å²) in [6.45, 7) is 5.13. The number of carbonyl (C=O) groups is 3. The van der Waals surface area contributed by atoms with Crippen molar-refractivity contribution in [3.8, 4) is 5.75 Å². The molecule has 0 aliphatic carbocycles. The van der Waals surface area contributed by atoms with Crippen LogP contribution in [0.1, 0.15) is 37.5 Å². The molecule has 1 aliphatic rings. The minimum atomic E-state index is -1.11. The molecule has 1 unspecified atom stereocenters. The first-order valence-corrected chi connectivity index (χ1v) is 12.8. The molecule has 39 heavy (non-hydrogen) atoms. The van der Waals surface area contributed by atoms with E-state index in [-0.39, 0.29) is 27.9 Å². The van der Waals surface area contributed by atoms with E-state index < -0.39 is 29.5 Å². The van der Waals surface area contributed by atoms with Gasteiger partial charge in [0.05, 0.1) is 24.4 Å². The molecule has 0 saturated carbocycles. The number of nitrogens with zero attached hydrogens (tertiary/aromatic N) is 2. The third kappa shape index (κ3) is 4.58. The van der Waals surface area contributed by atoms with Crippen LogP contribution >= 0.6 is 22.9 Å². The summed E-state index contributed by atoms with van der Waals surface area (Å²) in [5.74, 6) is -2.63. The number of Topliss-reactive ketones (excluding diaryl/α,β-unsaturated/α-hetero) is 1. The van der Waals surface area contributed by atoms with Crippen LogP contribution < -0.4 is 9.64 Å². The summed E-state index contributed by atoms with van der Waals surface area (Å²) in [7, 11) is 1.48. The van der Waals surface area contributed by atoms with E-state index in [1.165, 1.54) is 24.2 Å². The van der Waals surface area contributed by atoms with Crippen molar-refractivity contribution < 1.29 is 33.4 Å². The predicted octanol–water partition coefficient (Wildman–Crippen LogP) is 5.99. The zero-order chi connectivity index (χ0) is 27.8. The van der Waals surface area contributed by atoms with E-state index in [1.807, 2.05) is 0 Å². The molecule has 0 bridgehead atoms. The fourth-order valence-electron chi connectivity index (χ4n) is 4.34. The SMILES string of the molecule is C=CCOC(=O)c1sc(N2C(=O)C(O)=C(C(=O)c3cc4cccc(OC)c4o3)C2c2cccc(Cl)c2)nc1C. The van der Waals surface area contributed by atoms with Crippen LogP contribution in [0.25, 0.3) is 11.0 Å². The van der Waals surface area contributed by atoms with Gasteiger partial charge in [-0.05, 0) is 36.8 Å². The van der Waals surface area contributed by atoms with Crippen molar-refractivity contribution in [2.75, 3.05) is 18.6 Å². The fraction of sp³-hybridized carbons (Fsp3) is 0.143.